The fourth-order valence-electron chi connectivity index (χ4n) is 3.53. The zero-order valence-electron chi connectivity index (χ0n) is 11.3. The number of aliphatic carboxylic acids is 1. The van der Waals surface area contributed by atoms with Gasteiger partial charge < -0.3 is 5.11 Å². The second kappa shape index (κ2) is 4.78. The highest BCUT2D eigenvalue weighted by Crippen LogP contribution is 2.50. The minimum absolute atomic E-state index is 0.00409. The molecule has 1 saturated carbocycles. The summed E-state index contributed by atoms with van der Waals surface area (Å²) in [6.45, 7) is 0.235. The number of rotatable bonds is 3. The molecule has 0 radical (unpaired) electrons. The fraction of sp³-hybridized carbons (Fsp3) is 0.500. The van der Waals surface area contributed by atoms with Gasteiger partial charge in [0, 0.05) is 13.1 Å². The minimum Gasteiger partial charge on any atom is -0.481 e. The molecule has 5 nitrogen and oxygen atoms in total. The number of hydrogen-bond donors (Lipinski definition) is 1. The second-order valence-corrected chi connectivity index (χ2v) is 7.74. The molecule has 2 atom stereocenters. The van der Waals surface area contributed by atoms with Crippen molar-refractivity contribution in [2.24, 2.45) is 11.3 Å². The van der Waals surface area contributed by atoms with Crippen molar-refractivity contribution in [3.05, 3.63) is 30.1 Å². The maximum absolute atomic E-state index is 12.9. The van der Waals surface area contributed by atoms with E-state index in [1.54, 1.807) is 0 Å². The molecule has 1 saturated heterocycles. The predicted octanol–water partition coefficient (Wildman–Crippen LogP) is 1.70. The van der Waals surface area contributed by atoms with Gasteiger partial charge in [0.15, 0.2) is 0 Å². The van der Waals surface area contributed by atoms with Crippen molar-refractivity contribution in [2.45, 2.75) is 24.2 Å². The Morgan fingerprint density at radius 2 is 2.00 bits per heavy atom. The van der Waals surface area contributed by atoms with E-state index in [0.717, 1.165) is 25.0 Å². The van der Waals surface area contributed by atoms with Gasteiger partial charge in [-0.3, -0.25) is 4.79 Å². The maximum Gasteiger partial charge on any atom is 0.311 e. The first-order valence-electron chi connectivity index (χ1n) is 6.85. The van der Waals surface area contributed by atoms with Crippen LogP contribution >= 0.6 is 0 Å². The van der Waals surface area contributed by atoms with Crippen LogP contribution in [0.5, 0.6) is 0 Å². The number of carboxylic acids is 1. The highest BCUT2D eigenvalue weighted by Gasteiger charge is 2.57. The summed E-state index contributed by atoms with van der Waals surface area (Å²) in [5.74, 6) is -1.55. The van der Waals surface area contributed by atoms with Crippen molar-refractivity contribution in [3.8, 4) is 0 Å². The normalized spacial score (nSPS) is 29.5. The molecule has 1 aromatic carbocycles. The fourth-order valence-corrected chi connectivity index (χ4v) is 5.09. The highest BCUT2D eigenvalue weighted by atomic mass is 32.2. The number of hydrogen-bond acceptors (Lipinski definition) is 3. The lowest BCUT2D eigenvalue weighted by molar-refractivity contribution is -0.149. The number of benzene rings is 1. The molecule has 2 fully saturated rings. The third kappa shape index (κ3) is 2.15. The van der Waals surface area contributed by atoms with Crippen LogP contribution in [0.3, 0.4) is 0 Å². The molecule has 1 N–H and O–H groups in total. The summed E-state index contributed by atoms with van der Waals surface area (Å²) in [6.07, 6.45) is 2.07. The number of halogens is 1. The first-order chi connectivity index (χ1) is 9.86. The maximum atomic E-state index is 12.9. The van der Waals surface area contributed by atoms with Gasteiger partial charge >= 0.3 is 5.97 Å². The van der Waals surface area contributed by atoms with Crippen LogP contribution in [0.25, 0.3) is 0 Å². The number of fused-ring (bicyclic) bond motifs is 1. The molecule has 0 aromatic heterocycles. The first-order valence-corrected chi connectivity index (χ1v) is 8.29. The SMILES string of the molecule is O=C(O)[C@@]12CCC[C@H]1CN(S(=O)(=O)c1ccc(F)cc1)C2. The van der Waals surface area contributed by atoms with Crippen LogP contribution in [-0.2, 0) is 14.8 Å². The average Bonchev–Trinajstić information content (AvgIpc) is 2.96. The molecule has 0 spiro atoms. The Bertz CT molecular complexity index is 673. The molecule has 1 aliphatic carbocycles. The molecule has 0 bridgehead atoms. The largest absolute Gasteiger partial charge is 0.481 e. The molecule has 7 heteroatoms. The summed E-state index contributed by atoms with van der Waals surface area (Å²) in [7, 11) is -3.77. The van der Waals surface area contributed by atoms with Crippen molar-refractivity contribution >= 4 is 16.0 Å². The van der Waals surface area contributed by atoms with E-state index in [1.807, 2.05) is 0 Å². The molecule has 114 valence electrons. The van der Waals surface area contributed by atoms with Gasteiger partial charge in [0.25, 0.3) is 0 Å². The molecule has 0 unspecified atom stereocenters. The van der Waals surface area contributed by atoms with Crippen LogP contribution in [0.1, 0.15) is 19.3 Å². The van der Waals surface area contributed by atoms with Gasteiger partial charge in [0.1, 0.15) is 5.82 Å². The van der Waals surface area contributed by atoms with Crippen molar-refractivity contribution < 1.29 is 22.7 Å². The van der Waals surface area contributed by atoms with E-state index < -0.39 is 27.2 Å². The lowest BCUT2D eigenvalue weighted by Gasteiger charge is -2.23. The molecule has 1 heterocycles. The summed E-state index contributed by atoms with van der Waals surface area (Å²) in [5.41, 5.74) is -0.951. The van der Waals surface area contributed by atoms with E-state index in [4.69, 9.17) is 0 Å². The number of carboxylic acid groups (broad SMARTS) is 1. The smallest absolute Gasteiger partial charge is 0.311 e. The van der Waals surface area contributed by atoms with Crippen LogP contribution in [0, 0.1) is 17.2 Å². The van der Waals surface area contributed by atoms with Crippen molar-refractivity contribution in [2.75, 3.05) is 13.1 Å². The lowest BCUT2D eigenvalue weighted by atomic mass is 9.81. The lowest BCUT2D eigenvalue weighted by Crippen LogP contribution is -2.37. The third-order valence-electron chi connectivity index (χ3n) is 4.72. The zero-order valence-corrected chi connectivity index (χ0v) is 12.1. The number of nitrogens with zero attached hydrogens (tertiary/aromatic N) is 1. The summed E-state index contributed by atoms with van der Waals surface area (Å²) in [6, 6.07) is 4.62. The zero-order chi connectivity index (χ0) is 15.3. The van der Waals surface area contributed by atoms with Gasteiger partial charge in [0.2, 0.25) is 10.0 Å². The van der Waals surface area contributed by atoms with E-state index in [0.29, 0.717) is 6.42 Å². The molecule has 1 aliphatic heterocycles. The van der Waals surface area contributed by atoms with Crippen molar-refractivity contribution in [1.82, 2.24) is 4.31 Å². The van der Waals surface area contributed by atoms with Crippen LogP contribution in [0.15, 0.2) is 29.2 Å². The Hall–Kier alpha value is -1.47. The molecular formula is C14H16FNO4S. The molecule has 3 rings (SSSR count). The average molecular weight is 313 g/mol. The first kappa shape index (κ1) is 14.5. The van der Waals surface area contributed by atoms with Gasteiger partial charge in [-0.15, -0.1) is 0 Å². The van der Waals surface area contributed by atoms with E-state index in [2.05, 4.69) is 0 Å². The predicted molar refractivity (Wildman–Crippen MR) is 72.6 cm³/mol. The van der Waals surface area contributed by atoms with Gasteiger partial charge in [-0.25, -0.2) is 12.8 Å². The minimum atomic E-state index is -3.77. The van der Waals surface area contributed by atoms with Gasteiger partial charge in [-0.05, 0) is 43.0 Å². The second-order valence-electron chi connectivity index (χ2n) is 5.80. The monoisotopic (exact) mass is 313 g/mol. The third-order valence-corrected chi connectivity index (χ3v) is 6.54. The molecule has 2 aliphatic rings. The van der Waals surface area contributed by atoms with E-state index in [-0.39, 0.29) is 23.9 Å². The summed E-state index contributed by atoms with van der Waals surface area (Å²) >= 11 is 0. The summed E-state index contributed by atoms with van der Waals surface area (Å²) in [4.78, 5) is 11.6. The Kier molecular flexibility index (Phi) is 3.29. The molecule has 1 aromatic rings. The summed E-state index contributed by atoms with van der Waals surface area (Å²) in [5, 5.41) is 9.49. The van der Waals surface area contributed by atoms with Crippen molar-refractivity contribution in [3.63, 3.8) is 0 Å². The Morgan fingerprint density at radius 3 is 2.57 bits per heavy atom. The van der Waals surface area contributed by atoms with Crippen LogP contribution in [0.4, 0.5) is 4.39 Å². The Morgan fingerprint density at radius 1 is 1.33 bits per heavy atom. The van der Waals surface area contributed by atoms with E-state index >= 15 is 0 Å². The van der Waals surface area contributed by atoms with Gasteiger partial charge in [0.05, 0.1) is 10.3 Å². The van der Waals surface area contributed by atoms with Crippen molar-refractivity contribution in [1.29, 1.82) is 0 Å². The standard InChI is InChI=1S/C14H16FNO4S/c15-11-3-5-12(6-4-11)21(19,20)16-8-10-2-1-7-14(10,9-16)13(17)18/h3-6,10H,1-2,7-9H2,(H,17,18)/t10-,14+/m0/s1. The van der Waals surface area contributed by atoms with Crippen LogP contribution in [0.2, 0.25) is 0 Å². The quantitative estimate of drug-likeness (QED) is 0.921. The van der Waals surface area contributed by atoms with E-state index in [1.165, 1.54) is 16.4 Å². The Labute approximate surface area is 122 Å². The molecular weight excluding hydrogens is 297 g/mol. The Balaban J connectivity index is 1.92. The summed E-state index contributed by atoms with van der Waals surface area (Å²) < 4.78 is 39.3. The van der Waals surface area contributed by atoms with E-state index in [9.17, 15) is 22.7 Å². The van der Waals surface area contributed by atoms with Gasteiger partial charge in [-0.2, -0.15) is 4.31 Å². The topological polar surface area (TPSA) is 74.7 Å². The number of sulfonamides is 1. The van der Waals surface area contributed by atoms with Gasteiger partial charge in [-0.1, -0.05) is 6.42 Å². The molecule has 21 heavy (non-hydrogen) atoms. The highest BCUT2D eigenvalue weighted by molar-refractivity contribution is 7.89. The number of carbonyl (C=O) groups is 1. The van der Waals surface area contributed by atoms with Crippen LogP contribution < -0.4 is 0 Å². The van der Waals surface area contributed by atoms with Crippen LogP contribution in [-0.4, -0.2) is 36.9 Å². The molecule has 0 amide bonds.